The molecule has 0 saturated heterocycles. The number of carbonyl (C=O) groups excluding carboxylic acids is 1. The van der Waals surface area contributed by atoms with Crippen molar-refractivity contribution in [1.82, 2.24) is 14.8 Å². The van der Waals surface area contributed by atoms with E-state index < -0.39 is 0 Å². The first kappa shape index (κ1) is 19.4. The van der Waals surface area contributed by atoms with Crippen LogP contribution in [0.1, 0.15) is 81.0 Å². The molecule has 1 N–H and O–H groups in total. The summed E-state index contributed by atoms with van der Waals surface area (Å²) in [7, 11) is 0. The molecule has 1 aromatic heterocycles. The number of hydrogen-bond acceptors (Lipinski definition) is 3. The predicted octanol–water partition coefficient (Wildman–Crippen LogP) is 5.44. The highest BCUT2D eigenvalue weighted by molar-refractivity contribution is 6.31. The molecule has 2 aliphatic rings. The van der Waals surface area contributed by atoms with E-state index in [2.05, 4.69) is 27.0 Å². The number of anilines is 1. The van der Waals surface area contributed by atoms with Crippen molar-refractivity contribution in [3.8, 4) is 0 Å². The second kappa shape index (κ2) is 8.24. The molecule has 2 unspecified atom stereocenters. The van der Waals surface area contributed by atoms with Crippen LogP contribution in [0.15, 0.2) is 18.2 Å². The molecule has 0 bridgehead atoms. The standard InChI is InChI=1S/C22H29ClN4O/c1-14-5-3-6-16(13-14)22-26-25-20(27(22)17-9-10-17)11-12-21(28)24-19-8-4-7-18(23)15(19)2/h4,7-8,14,16-17H,3,5-6,9-13H2,1-2H3,(H,24,28). The Labute approximate surface area is 171 Å². The maximum atomic E-state index is 12.5. The zero-order chi connectivity index (χ0) is 19.7. The van der Waals surface area contributed by atoms with E-state index in [1.165, 1.54) is 38.5 Å². The lowest BCUT2D eigenvalue weighted by Gasteiger charge is -2.26. The van der Waals surface area contributed by atoms with E-state index in [-0.39, 0.29) is 5.91 Å². The van der Waals surface area contributed by atoms with Gasteiger partial charge < -0.3 is 9.88 Å². The highest BCUT2D eigenvalue weighted by atomic mass is 35.5. The van der Waals surface area contributed by atoms with E-state index in [9.17, 15) is 4.79 Å². The molecule has 2 saturated carbocycles. The molecule has 28 heavy (non-hydrogen) atoms. The van der Waals surface area contributed by atoms with Gasteiger partial charge >= 0.3 is 0 Å². The second-order valence-corrected chi connectivity index (χ2v) is 8.91. The third kappa shape index (κ3) is 4.24. The van der Waals surface area contributed by atoms with Gasteiger partial charge in [-0.15, -0.1) is 10.2 Å². The average molecular weight is 401 g/mol. The first-order valence-electron chi connectivity index (χ1n) is 10.5. The summed E-state index contributed by atoms with van der Waals surface area (Å²) in [4.78, 5) is 12.5. The molecule has 0 aliphatic heterocycles. The van der Waals surface area contributed by atoms with Crippen LogP contribution in [0.2, 0.25) is 5.02 Å². The molecule has 0 spiro atoms. The Kier molecular flexibility index (Phi) is 5.72. The average Bonchev–Trinajstić information content (AvgIpc) is 3.43. The van der Waals surface area contributed by atoms with Gasteiger partial charge in [0, 0.05) is 35.5 Å². The quantitative estimate of drug-likeness (QED) is 0.702. The first-order valence-corrected chi connectivity index (χ1v) is 10.9. The maximum Gasteiger partial charge on any atom is 0.224 e. The van der Waals surface area contributed by atoms with Crippen LogP contribution in [0.4, 0.5) is 5.69 Å². The number of nitrogens with zero attached hydrogens (tertiary/aromatic N) is 3. The van der Waals surface area contributed by atoms with Crippen molar-refractivity contribution in [2.75, 3.05) is 5.32 Å². The molecule has 1 amide bonds. The third-order valence-electron chi connectivity index (χ3n) is 6.12. The zero-order valence-corrected chi connectivity index (χ0v) is 17.5. The number of amides is 1. The number of hydrogen-bond donors (Lipinski definition) is 1. The van der Waals surface area contributed by atoms with E-state index in [4.69, 9.17) is 11.6 Å². The predicted molar refractivity (Wildman–Crippen MR) is 112 cm³/mol. The van der Waals surface area contributed by atoms with Gasteiger partial charge in [0.2, 0.25) is 5.91 Å². The fraction of sp³-hybridized carbons (Fsp3) is 0.591. The smallest absolute Gasteiger partial charge is 0.224 e. The largest absolute Gasteiger partial charge is 0.326 e. The topological polar surface area (TPSA) is 59.8 Å². The maximum absolute atomic E-state index is 12.5. The number of benzene rings is 1. The summed E-state index contributed by atoms with van der Waals surface area (Å²) in [6.45, 7) is 4.26. The van der Waals surface area contributed by atoms with Gasteiger partial charge in [-0.2, -0.15) is 0 Å². The number of halogens is 1. The molecule has 2 atom stereocenters. The lowest BCUT2D eigenvalue weighted by Crippen LogP contribution is -2.18. The summed E-state index contributed by atoms with van der Waals surface area (Å²) in [5.74, 6) is 3.40. The van der Waals surface area contributed by atoms with Crippen molar-refractivity contribution in [3.05, 3.63) is 40.4 Å². The third-order valence-corrected chi connectivity index (χ3v) is 6.53. The molecule has 4 rings (SSSR count). The van der Waals surface area contributed by atoms with E-state index in [0.717, 1.165) is 28.8 Å². The van der Waals surface area contributed by atoms with Crippen molar-refractivity contribution < 1.29 is 4.79 Å². The second-order valence-electron chi connectivity index (χ2n) is 8.50. The van der Waals surface area contributed by atoms with Crippen LogP contribution in [-0.4, -0.2) is 20.7 Å². The minimum Gasteiger partial charge on any atom is -0.326 e. The number of carbonyl (C=O) groups is 1. The highest BCUT2D eigenvalue weighted by Gasteiger charge is 2.33. The van der Waals surface area contributed by atoms with Gasteiger partial charge in [0.25, 0.3) is 0 Å². The molecule has 1 aromatic carbocycles. The summed E-state index contributed by atoms with van der Waals surface area (Å²) < 4.78 is 2.36. The molecule has 5 nitrogen and oxygen atoms in total. The minimum absolute atomic E-state index is 0.0106. The van der Waals surface area contributed by atoms with Crippen molar-refractivity contribution >= 4 is 23.2 Å². The Balaban J connectivity index is 1.43. The van der Waals surface area contributed by atoms with Crippen LogP contribution < -0.4 is 5.32 Å². The minimum atomic E-state index is -0.0106. The van der Waals surface area contributed by atoms with Gasteiger partial charge in [0.15, 0.2) is 0 Å². The van der Waals surface area contributed by atoms with Gasteiger partial charge in [-0.05, 0) is 56.2 Å². The Hall–Kier alpha value is -1.88. The number of rotatable bonds is 6. The van der Waals surface area contributed by atoms with Gasteiger partial charge in [-0.1, -0.05) is 37.4 Å². The SMILES string of the molecule is Cc1c(Cl)cccc1NC(=O)CCc1nnc(C2CCCC(C)C2)n1C1CC1. The van der Waals surface area contributed by atoms with Crippen molar-refractivity contribution in [2.45, 2.75) is 77.2 Å². The molecule has 1 heterocycles. The Morgan fingerprint density at radius 1 is 1.25 bits per heavy atom. The molecular formula is C22H29ClN4O. The molecule has 2 aromatic rings. The van der Waals surface area contributed by atoms with Crippen LogP contribution in [0.5, 0.6) is 0 Å². The van der Waals surface area contributed by atoms with Gasteiger partial charge in [-0.25, -0.2) is 0 Å². The van der Waals surface area contributed by atoms with Gasteiger partial charge in [-0.3, -0.25) is 4.79 Å². The summed E-state index contributed by atoms with van der Waals surface area (Å²) >= 11 is 6.15. The van der Waals surface area contributed by atoms with Gasteiger partial charge in [0.1, 0.15) is 11.6 Å². The molecule has 2 fully saturated rings. The molecular weight excluding hydrogens is 372 g/mol. The van der Waals surface area contributed by atoms with Crippen molar-refractivity contribution in [3.63, 3.8) is 0 Å². The van der Waals surface area contributed by atoms with Crippen LogP contribution in [0, 0.1) is 12.8 Å². The van der Waals surface area contributed by atoms with Crippen LogP contribution in [0.3, 0.4) is 0 Å². The number of aryl methyl sites for hydroxylation is 1. The lowest BCUT2D eigenvalue weighted by atomic mass is 9.82. The zero-order valence-electron chi connectivity index (χ0n) is 16.7. The Morgan fingerprint density at radius 3 is 2.82 bits per heavy atom. The monoisotopic (exact) mass is 400 g/mol. The summed E-state index contributed by atoms with van der Waals surface area (Å²) in [6, 6.07) is 6.11. The van der Waals surface area contributed by atoms with Crippen molar-refractivity contribution in [2.24, 2.45) is 5.92 Å². The van der Waals surface area contributed by atoms with E-state index in [1.807, 2.05) is 25.1 Å². The fourth-order valence-electron chi connectivity index (χ4n) is 4.37. The van der Waals surface area contributed by atoms with E-state index >= 15 is 0 Å². The van der Waals surface area contributed by atoms with Gasteiger partial charge in [0.05, 0.1) is 0 Å². The normalized spacial score (nSPS) is 22.2. The Bertz CT molecular complexity index is 858. The number of aromatic nitrogens is 3. The number of nitrogens with one attached hydrogen (secondary N) is 1. The molecule has 6 heteroatoms. The van der Waals surface area contributed by atoms with Crippen LogP contribution >= 0.6 is 11.6 Å². The summed E-state index contributed by atoms with van der Waals surface area (Å²) in [6.07, 6.45) is 8.45. The summed E-state index contributed by atoms with van der Waals surface area (Å²) in [5, 5.41) is 12.7. The highest BCUT2D eigenvalue weighted by Crippen LogP contribution is 2.42. The first-order chi connectivity index (χ1) is 13.5. The van der Waals surface area contributed by atoms with Crippen LogP contribution in [-0.2, 0) is 11.2 Å². The van der Waals surface area contributed by atoms with E-state index in [1.54, 1.807) is 0 Å². The molecule has 0 radical (unpaired) electrons. The van der Waals surface area contributed by atoms with E-state index in [0.29, 0.717) is 29.8 Å². The van der Waals surface area contributed by atoms with Crippen molar-refractivity contribution in [1.29, 1.82) is 0 Å². The lowest BCUT2D eigenvalue weighted by molar-refractivity contribution is -0.116. The Morgan fingerprint density at radius 2 is 2.07 bits per heavy atom. The molecule has 150 valence electrons. The fourth-order valence-corrected chi connectivity index (χ4v) is 4.54. The summed E-state index contributed by atoms with van der Waals surface area (Å²) in [5.41, 5.74) is 1.67. The van der Waals surface area contributed by atoms with Crippen LogP contribution in [0.25, 0.3) is 0 Å². The molecule has 2 aliphatic carbocycles.